The van der Waals surface area contributed by atoms with Crippen LogP contribution in [0.15, 0.2) is 65.5 Å². The highest BCUT2D eigenvalue weighted by Gasteiger charge is 2.31. The molecule has 0 unspecified atom stereocenters. The zero-order valence-electron chi connectivity index (χ0n) is 17.1. The molecule has 0 saturated heterocycles. The highest BCUT2D eigenvalue weighted by Crippen LogP contribution is 2.37. The molecule has 0 aliphatic heterocycles. The molecule has 0 atom stereocenters. The molecule has 0 aliphatic carbocycles. The van der Waals surface area contributed by atoms with Gasteiger partial charge in [0.15, 0.2) is 5.78 Å². The van der Waals surface area contributed by atoms with Crippen LogP contribution in [-0.4, -0.2) is 39.2 Å². The number of ether oxygens (including phenoxy) is 1. The second kappa shape index (κ2) is 8.70. The van der Waals surface area contributed by atoms with E-state index in [0.29, 0.717) is 16.6 Å². The smallest absolute Gasteiger partial charge is 0.266 e. The van der Waals surface area contributed by atoms with Gasteiger partial charge >= 0.3 is 0 Å². The summed E-state index contributed by atoms with van der Waals surface area (Å²) in [6, 6.07) is 18.4. The number of ketones is 1. The quantitative estimate of drug-likeness (QED) is 0.338. The molecule has 0 fully saturated rings. The molecular formula is C23H18N4O3S2. The number of nitrogens with zero attached hydrogens (tertiary/aromatic N) is 4. The molecule has 2 aromatic carbocycles. The third-order valence-electron chi connectivity index (χ3n) is 5.00. The van der Waals surface area contributed by atoms with Gasteiger partial charge in [-0.15, -0.1) is 22.7 Å². The molecule has 9 heteroatoms. The van der Waals surface area contributed by atoms with Crippen molar-refractivity contribution in [1.29, 1.82) is 0 Å². The molecule has 32 heavy (non-hydrogen) atoms. The Morgan fingerprint density at radius 2 is 1.53 bits per heavy atom. The van der Waals surface area contributed by atoms with Crippen molar-refractivity contribution < 1.29 is 9.53 Å². The topological polar surface area (TPSA) is 87.0 Å². The summed E-state index contributed by atoms with van der Waals surface area (Å²) in [4.78, 5) is 35.4. The molecule has 5 aromatic rings. The van der Waals surface area contributed by atoms with Crippen LogP contribution in [0.3, 0.4) is 0 Å². The van der Waals surface area contributed by atoms with E-state index < -0.39 is 5.92 Å². The minimum Gasteiger partial charge on any atom is -0.383 e. The number of carbonyl (C=O) groups is 1. The minimum atomic E-state index is -0.703. The number of para-hydroxylation sites is 2. The summed E-state index contributed by atoms with van der Waals surface area (Å²) in [5, 5.41) is 5.64. The normalized spacial score (nSPS) is 11.6. The first-order chi connectivity index (χ1) is 15.6. The van der Waals surface area contributed by atoms with Crippen molar-refractivity contribution in [1.82, 2.24) is 19.7 Å². The summed E-state index contributed by atoms with van der Waals surface area (Å²) in [5.41, 5.74) is 1.59. The summed E-state index contributed by atoms with van der Waals surface area (Å²) >= 11 is 2.95. The number of aromatic nitrogens is 4. The first-order valence-corrected chi connectivity index (χ1v) is 11.6. The van der Waals surface area contributed by atoms with Crippen molar-refractivity contribution in [3.8, 4) is 0 Å². The number of Topliss-reactive ketones (excluding diaryl/α,β-unsaturated/α-hetero) is 1. The molecular weight excluding hydrogens is 444 g/mol. The van der Waals surface area contributed by atoms with E-state index in [2.05, 4.69) is 5.10 Å². The van der Waals surface area contributed by atoms with Crippen molar-refractivity contribution in [3.63, 3.8) is 0 Å². The molecule has 0 radical (unpaired) electrons. The van der Waals surface area contributed by atoms with Gasteiger partial charge in [-0.25, -0.2) is 14.6 Å². The Kier molecular flexibility index (Phi) is 5.60. The number of thiazole rings is 2. The highest BCUT2D eigenvalue weighted by molar-refractivity contribution is 7.20. The van der Waals surface area contributed by atoms with Crippen LogP contribution in [-0.2, 0) is 11.3 Å². The Morgan fingerprint density at radius 1 is 0.938 bits per heavy atom. The van der Waals surface area contributed by atoms with E-state index in [1.54, 1.807) is 7.11 Å². The van der Waals surface area contributed by atoms with Crippen molar-refractivity contribution in [2.75, 3.05) is 13.7 Å². The lowest BCUT2D eigenvalue weighted by molar-refractivity contribution is 0.0965. The summed E-state index contributed by atoms with van der Waals surface area (Å²) in [6.07, 6.45) is 0. The maximum Gasteiger partial charge on any atom is 0.266 e. The van der Waals surface area contributed by atoms with Crippen LogP contribution in [0.1, 0.15) is 26.4 Å². The molecule has 0 saturated carbocycles. The standard InChI is InChI=1S/C23H18N4O3S2/c1-30-13-12-27-19(28)11-10-16(26-27)21(29)20(22-24-14-6-2-4-8-17(14)31-22)23-25-15-7-3-5-9-18(15)32-23/h2-11,20H,12-13H2,1H3. The fourth-order valence-electron chi connectivity index (χ4n) is 3.42. The molecule has 0 bridgehead atoms. The molecule has 3 aromatic heterocycles. The van der Waals surface area contributed by atoms with Crippen LogP contribution < -0.4 is 5.56 Å². The lowest BCUT2D eigenvalue weighted by Crippen LogP contribution is -2.27. The molecule has 0 amide bonds. The van der Waals surface area contributed by atoms with Crippen molar-refractivity contribution in [2.45, 2.75) is 12.5 Å². The molecule has 0 aliphatic rings. The van der Waals surface area contributed by atoms with Crippen LogP contribution in [0.2, 0.25) is 0 Å². The maximum absolute atomic E-state index is 13.8. The van der Waals surface area contributed by atoms with Gasteiger partial charge in [0, 0.05) is 13.2 Å². The number of rotatable bonds is 7. The summed E-state index contributed by atoms with van der Waals surface area (Å²) < 4.78 is 8.31. The van der Waals surface area contributed by atoms with Gasteiger partial charge in [0.25, 0.3) is 5.56 Å². The average Bonchev–Trinajstić information content (AvgIpc) is 3.42. The number of methoxy groups -OCH3 is 1. The van der Waals surface area contributed by atoms with E-state index in [0.717, 1.165) is 20.4 Å². The lowest BCUT2D eigenvalue weighted by Gasteiger charge is -2.11. The third-order valence-corrected chi connectivity index (χ3v) is 7.21. The van der Waals surface area contributed by atoms with Gasteiger partial charge in [-0.1, -0.05) is 24.3 Å². The second-order valence-corrected chi connectivity index (χ2v) is 9.23. The zero-order valence-corrected chi connectivity index (χ0v) is 18.7. The number of hydrogen-bond donors (Lipinski definition) is 0. The van der Waals surface area contributed by atoms with Gasteiger partial charge in [-0.05, 0) is 30.3 Å². The molecule has 0 spiro atoms. The van der Waals surface area contributed by atoms with E-state index in [4.69, 9.17) is 14.7 Å². The summed E-state index contributed by atoms with van der Waals surface area (Å²) in [7, 11) is 1.55. The molecule has 0 N–H and O–H groups in total. The van der Waals surface area contributed by atoms with E-state index in [9.17, 15) is 9.59 Å². The van der Waals surface area contributed by atoms with Crippen LogP contribution in [0.5, 0.6) is 0 Å². The monoisotopic (exact) mass is 462 g/mol. The van der Waals surface area contributed by atoms with Gasteiger partial charge in [-0.2, -0.15) is 5.10 Å². The molecule has 5 rings (SSSR count). The fourth-order valence-corrected chi connectivity index (χ4v) is 5.64. The number of benzene rings is 2. The largest absolute Gasteiger partial charge is 0.383 e. The van der Waals surface area contributed by atoms with Crippen molar-refractivity contribution in [3.05, 3.63) is 86.7 Å². The van der Waals surface area contributed by atoms with Crippen molar-refractivity contribution in [2.24, 2.45) is 0 Å². The van der Waals surface area contributed by atoms with Gasteiger partial charge in [0.05, 0.1) is 33.6 Å². The number of hydrogen-bond acceptors (Lipinski definition) is 8. The Labute approximate surface area is 191 Å². The Balaban J connectivity index is 1.64. The van der Waals surface area contributed by atoms with E-state index in [1.165, 1.54) is 39.5 Å². The van der Waals surface area contributed by atoms with Crippen LogP contribution in [0.4, 0.5) is 0 Å². The maximum atomic E-state index is 13.8. The zero-order chi connectivity index (χ0) is 22.1. The fraction of sp³-hybridized carbons (Fsp3) is 0.174. The lowest BCUT2D eigenvalue weighted by atomic mass is 10.0. The number of carbonyl (C=O) groups excluding carboxylic acids is 1. The predicted octanol–water partition coefficient (Wildman–Crippen LogP) is 4.12. The van der Waals surface area contributed by atoms with Crippen LogP contribution >= 0.6 is 22.7 Å². The Morgan fingerprint density at radius 3 is 2.09 bits per heavy atom. The molecule has 3 heterocycles. The number of fused-ring (bicyclic) bond motifs is 2. The van der Waals surface area contributed by atoms with E-state index in [-0.39, 0.29) is 23.6 Å². The summed E-state index contributed by atoms with van der Waals surface area (Å²) in [6.45, 7) is 0.590. The van der Waals surface area contributed by atoms with Gasteiger partial charge in [0.1, 0.15) is 21.6 Å². The Bertz CT molecular complexity index is 1350. The van der Waals surface area contributed by atoms with E-state index >= 15 is 0 Å². The Hall–Kier alpha value is -3.27. The highest BCUT2D eigenvalue weighted by atomic mass is 32.1. The van der Waals surface area contributed by atoms with Gasteiger partial charge in [0.2, 0.25) is 0 Å². The second-order valence-electron chi connectivity index (χ2n) is 7.11. The molecule has 160 valence electrons. The summed E-state index contributed by atoms with van der Waals surface area (Å²) in [5.74, 6) is -0.944. The first kappa shape index (κ1) is 20.6. The van der Waals surface area contributed by atoms with Crippen LogP contribution in [0.25, 0.3) is 20.4 Å². The van der Waals surface area contributed by atoms with E-state index in [1.807, 2.05) is 48.5 Å². The van der Waals surface area contributed by atoms with Crippen LogP contribution in [0, 0.1) is 0 Å². The van der Waals surface area contributed by atoms with Gasteiger partial charge in [-0.3, -0.25) is 9.59 Å². The predicted molar refractivity (Wildman–Crippen MR) is 126 cm³/mol. The van der Waals surface area contributed by atoms with Gasteiger partial charge < -0.3 is 4.74 Å². The SMILES string of the molecule is COCCn1nc(C(=O)C(c2nc3ccccc3s2)c2nc3ccccc3s2)ccc1=O. The minimum absolute atomic E-state index is 0.198. The first-order valence-electron chi connectivity index (χ1n) is 9.96. The molecule has 7 nitrogen and oxygen atoms in total. The third kappa shape index (κ3) is 3.86. The van der Waals surface area contributed by atoms with Crippen molar-refractivity contribution >= 4 is 48.9 Å². The average molecular weight is 463 g/mol.